The number of rotatable bonds is 7. The minimum Gasteiger partial charge on any atom is -0.434 e. The monoisotopic (exact) mass is 273 g/mol. The Labute approximate surface area is 112 Å². The molecule has 3 nitrogen and oxygen atoms in total. The van der Waals surface area contributed by atoms with E-state index in [-0.39, 0.29) is 24.4 Å². The molecule has 0 bridgehead atoms. The molecule has 0 aliphatic carbocycles. The van der Waals surface area contributed by atoms with Gasteiger partial charge in [0.15, 0.2) is 0 Å². The van der Waals surface area contributed by atoms with Crippen molar-refractivity contribution in [3.8, 4) is 5.75 Å². The lowest BCUT2D eigenvalue weighted by molar-refractivity contribution is -0.0507. The summed E-state index contributed by atoms with van der Waals surface area (Å²) in [5.41, 5.74) is 1.65. The van der Waals surface area contributed by atoms with Gasteiger partial charge < -0.3 is 15.2 Å². The highest BCUT2D eigenvalue weighted by atomic mass is 19.3. The number of hydrogen-bond acceptors (Lipinski definition) is 3. The number of nitrogens with one attached hydrogen (secondary N) is 1. The van der Waals surface area contributed by atoms with E-state index in [9.17, 15) is 13.9 Å². The zero-order valence-corrected chi connectivity index (χ0v) is 11.5. The summed E-state index contributed by atoms with van der Waals surface area (Å²) >= 11 is 0. The summed E-state index contributed by atoms with van der Waals surface area (Å²) in [6, 6.07) is 4.87. The van der Waals surface area contributed by atoms with E-state index in [1.165, 1.54) is 0 Å². The van der Waals surface area contributed by atoms with Crippen molar-refractivity contribution < 1.29 is 18.6 Å². The van der Waals surface area contributed by atoms with Gasteiger partial charge >= 0.3 is 6.61 Å². The summed E-state index contributed by atoms with van der Waals surface area (Å²) in [6.07, 6.45) is 0.762. The molecule has 0 spiro atoms. The first-order chi connectivity index (χ1) is 8.97. The summed E-state index contributed by atoms with van der Waals surface area (Å²) < 4.78 is 29.3. The van der Waals surface area contributed by atoms with Crippen LogP contribution in [0.1, 0.15) is 37.4 Å². The molecule has 0 aliphatic rings. The first kappa shape index (κ1) is 15.9. The Morgan fingerprint density at radius 2 is 2.05 bits per heavy atom. The Kier molecular flexibility index (Phi) is 6.18. The lowest BCUT2D eigenvalue weighted by Gasteiger charge is -2.23. The second-order valence-electron chi connectivity index (χ2n) is 4.60. The number of aliphatic hydroxyl groups excluding tert-OH is 1. The summed E-state index contributed by atoms with van der Waals surface area (Å²) in [6.45, 7) is 2.89. The zero-order chi connectivity index (χ0) is 14.4. The van der Waals surface area contributed by atoms with Gasteiger partial charge in [-0.2, -0.15) is 8.78 Å². The van der Waals surface area contributed by atoms with Gasteiger partial charge in [-0.3, -0.25) is 0 Å². The van der Waals surface area contributed by atoms with E-state index in [1.807, 2.05) is 26.8 Å². The molecule has 2 N–H and O–H groups in total. The highest BCUT2D eigenvalue weighted by molar-refractivity contribution is 5.39. The van der Waals surface area contributed by atoms with Crippen LogP contribution in [0.25, 0.3) is 0 Å². The van der Waals surface area contributed by atoms with E-state index in [4.69, 9.17) is 0 Å². The predicted molar refractivity (Wildman–Crippen MR) is 70.5 cm³/mol. The third-order valence-corrected chi connectivity index (χ3v) is 3.05. The van der Waals surface area contributed by atoms with E-state index in [0.717, 1.165) is 12.0 Å². The van der Waals surface area contributed by atoms with Gasteiger partial charge in [-0.25, -0.2) is 0 Å². The third-order valence-electron chi connectivity index (χ3n) is 3.05. The van der Waals surface area contributed by atoms with Gasteiger partial charge in [-0.15, -0.1) is 0 Å². The molecule has 0 aliphatic heterocycles. The van der Waals surface area contributed by atoms with Gasteiger partial charge in [0.1, 0.15) is 5.75 Å². The largest absolute Gasteiger partial charge is 0.434 e. The molecule has 0 fully saturated rings. The predicted octanol–water partition coefficient (Wildman–Crippen LogP) is 3.02. The molecule has 0 radical (unpaired) electrons. The summed E-state index contributed by atoms with van der Waals surface area (Å²) in [5.74, 6) is 0.174. The van der Waals surface area contributed by atoms with Crippen molar-refractivity contribution in [2.45, 2.75) is 45.9 Å². The third kappa shape index (κ3) is 4.76. The maximum Gasteiger partial charge on any atom is 0.387 e. The average Bonchev–Trinajstić information content (AvgIpc) is 2.37. The molecule has 0 saturated heterocycles. The van der Waals surface area contributed by atoms with E-state index in [0.29, 0.717) is 5.56 Å². The van der Waals surface area contributed by atoms with Crippen LogP contribution in [-0.2, 0) is 0 Å². The molecule has 5 heteroatoms. The van der Waals surface area contributed by atoms with Gasteiger partial charge in [0, 0.05) is 17.6 Å². The molecule has 108 valence electrons. The molecule has 0 heterocycles. The molecule has 0 aromatic heterocycles. The Balaban J connectivity index is 2.92. The maximum absolute atomic E-state index is 12.4. The number of aryl methyl sites for hydroxylation is 1. The fourth-order valence-corrected chi connectivity index (χ4v) is 1.95. The first-order valence-electron chi connectivity index (χ1n) is 6.40. The van der Waals surface area contributed by atoms with Gasteiger partial charge in [-0.1, -0.05) is 24.6 Å². The van der Waals surface area contributed by atoms with Gasteiger partial charge in [-0.05, 0) is 26.3 Å². The van der Waals surface area contributed by atoms with Crippen molar-refractivity contribution in [2.75, 3.05) is 6.61 Å². The van der Waals surface area contributed by atoms with Crippen LogP contribution in [0.5, 0.6) is 5.75 Å². The molecular formula is C14H21F2NO2. The second kappa shape index (κ2) is 7.40. The van der Waals surface area contributed by atoms with Gasteiger partial charge in [0.25, 0.3) is 0 Å². The topological polar surface area (TPSA) is 41.5 Å². The van der Waals surface area contributed by atoms with Gasteiger partial charge in [0.2, 0.25) is 0 Å². The minimum absolute atomic E-state index is 0.0116. The van der Waals surface area contributed by atoms with Crippen LogP contribution in [0.4, 0.5) is 8.78 Å². The first-order valence-corrected chi connectivity index (χ1v) is 6.40. The molecule has 1 aromatic carbocycles. The van der Waals surface area contributed by atoms with E-state index >= 15 is 0 Å². The second-order valence-corrected chi connectivity index (χ2v) is 4.60. The van der Waals surface area contributed by atoms with Crippen LogP contribution in [-0.4, -0.2) is 24.4 Å². The molecule has 19 heavy (non-hydrogen) atoms. The Bertz CT molecular complexity index is 395. The number of ether oxygens (including phenoxy) is 1. The van der Waals surface area contributed by atoms with Crippen molar-refractivity contribution in [3.63, 3.8) is 0 Å². The van der Waals surface area contributed by atoms with Crippen molar-refractivity contribution in [1.29, 1.82) is 0 Å². The normalized spacial score (nSPS) is 14.5. The van der Waals surface area contributed by atoms with Crippen molar-refractivity contribution in [1.82, 2.24) is 5.32 Å². The molecule has 0 saturated carbocycles. The minimum atomic E-state index is -2.84. The van der Waals surface area contributed by atoms with Crippen molar-refractivity contribution in [2.24, 2.45) is 0 Å². The number of hydrogen-bond donors (Lipinski definition) is 2. The Morgan fingerprint density at radius 1 is 1.37 bits per heavy atom. The highest BCUT2D eigenvalue weighted by Gasteiger charge is 2.17. The maximum atomic E-state index is 12.4. The van der Waals surface area contributed by atoms with Crippen LogP contribution >= 0.6 is 0 Å². The van der Waals surface area contributed by atoms with Crippen LogP contribution in [0.3, 0.4) is 0 Å². The lowest BCUT2D eigenvalue weighted by Crippen LogP contribution is -2.34. The molecule has 2 unspecified atom stereocenters. The van der Waals surface area contributed by atoms with Crippen LogP contribution in [0.15, 0.2) is 18.2 Å². The number of halogens is 2. The molecule has 1 rings (SSSR count). The van der Waals surface area contributed by atoms with Crippen LogP contribution < -0.4 is 10.1 Å². The van der Waals surface area contributed by atoms with E-state index in [1.54, 1.807) is 12.1 Å². The highest BCUT2D eigenvalue weighted by Crippen LogP contribution is 2.28. The quantitative estimate of drug-likeness (QED) is 0.802. The van der Waals surface area contributed by atoms with Gasteiger partial charge in [0.05, 0.1) is 6.61 Å². The van der Waals surface area contributed by atoms with Crippen molar-refractivity contribution in [3.05, 3.63) is 29.3 Å². The zero-order valence-electron chi connectivity index (χ0n) is 11.5. The number of benzene rings is 1. The lowest BCUT2D eigenvalue weighted by atomic mass is 10.0. The molecule has 0 amide bonds. The summed E-state index contributed by atoms with van der Waals surface area (Å²) in [7, 11) is 0. The van der Waals surface area contributed by atoms with Crippen LogP contribution in [0, 0.1) is 6.92 Å². The van der Waals surface area contributed by atoms with Crippen LogP contribution in [0.2, 0.25) is 0 Å². The summed E-state index contributed by atoms with van der Waals surface area (Å²) in [4.78, 5) is 0. The standard InChI is InChI=1S/C14H21F2NO2/c1-4-11(8-18)17-10(3)12-7-9(2)5-6-13(12)19-14(15)16/h5-7,10-11,14,17-18H,4,8H2,1-3H3. The fourth-order valence-electron chi connectivity index (χ4n) is 1.95. The number of alkyl halides is 2. The average molecular weight is 273 g/mol. The van der Waals surface area contributed by atoms with Crippen molar-refractivity contribution >= 4 is 0 Å². The van der Waals surface area contributed by atoms with E-state index < -0.39 is 6.61 Å². The Morgan fingerprint density at radius 3 is 2.58 bits per heavy atom. The Hall–Kier alpha value is -1.20. The smallest absolute Gasteiger partial charge is 0.387 e. The molecule has 1 aromatic rings. The summed E-state index contributed by atoms with van der Waals surface area (Å²) in [5, 5.41) is 12.4. The molecule has 2 atom stereocenters. The SMILES string of the molecule is CCC(CO)NC(C)c1cc(C)ccc1OC(F)F. The fraction of sp³-hybridized carbons (Fsp3) is 0.571. The molecular weight excluding hydrogens is 252 g/mol. The number of aliphatic hydroxyl groups is 1. The van der Waals surface area contributed by atoms with E-state index in [2.05, 4.69) is 10.1 Å².